The minimum Gasteiger partial charge on any atom is -0.338 e. The summed E-state index contributed by atoms with van der Waals surface area (Å²) in [5.74, 6) is 0. The number of piperazine rings is 1. The van der Waals surface area contributed by atoms with E-state index in [1.807, 2.05) is 23.1 Å². The topological polar surface area (TPSA) is 44.4 Å². The lowest BCUT2D eigenvalue weighted by Gasteiger charge is -2.31. The number of amides is 2. The highest BCUT2D eigenvalue weighted by molar-refractivity contribution is 5.74. The summed E-state index contributed by atoms with van der Waals surface area (Å²) in [6.07, 6.45) is 0.883. The molecule has 1 aromatic rings. The maximum atomic E-state index is 11.9. The summed E-state index contributed by atoms with van der Waals surface area (Å²) < 4.78 is 0. The summed E-state index contributed by atoms with van der Waals surface area (Å²) in [7, 11) is 0. The van der Waals surface area contributed by atoms with Crippen LogP contribution in [0.25, 0.3) is 0 Å². The maximum absolute atomic E-state index is 11.9. The van der Waals surface area contributed by atoms with Gasteiger partial charge in [0.2, 0.25) is 0 Å². The highest BCUT2D eigenvalue weighted by atomic mass is 16.2. The zero-order chi connectivity index (χ0) is 12.8. The lowest BCUT2D eigenvalue weighted by Crippen LogP contribution is -2.54. The first kappa shape index (κ1) is 12.9. The molecule has 0 radical (unpaired) electrons. The quantitative estimate of drug-likeness (QED) is 0.844. The van der Waals surface area contributed by atoms with E-state index in [9.17, 15) is 4.79 Å². The van der Waals surface area contributed by atoms with Gasteiger partial charge in [0, 0.05) is 32.2 Å². The second-order valence-electron chi connectivity index (χ2n) is 4.77. The van der Waals surface area contributed by atoms with Crippen molar-refractivity contribution < 1.29 is 4.79 Å². The molecule has 1 aromatic carbocycles. The number of hydrogen-bond acceptors (Lipinski definition) is 2. The maximum Gasteiger partial charge on any atom is 0.317 e. The van der Waals surface area contributed by atoms with Gasteiger partial charge in [-0.2, -0.15) is 0 Å². The fraction of sp³-hybridized carbons (Fsp3) is 0.500. The van der Waals surface area contributed by atoms with Crippen molar-refractivity contribution in [1.29, 1.82) is 0 Å². The third-order valence-corrected chi connectivity index (χ3v) is 3.19. The van der Waals surface area contributed by atoms with Crippen molar-refractivity contribution in [1.82, 2.24) is 15.5 Å². The fourth-order valence-corrected chi connectivity index (χ4v) is 2.19. The second kappa shape index (κ2) is 6.40. The summed E-state index contributed by atoms with van der Waals surface area (Å²) in [5.41, 5.74) is 1.26. The summed E-state index contributed by atoms with van der Waals surface area (Å²) >= 11 is 0. The van der Waals surface area contributed by atoms with Gasteiger partial charge in [-0.1, -0.05) is 30.3 Å². The van der Waals surface area contributed by atoms with E-state index in [1.165, 1.54) is 5.56 Å². The second-order valence-corrected chi connectivity index (χ2v) is 4.77. The summed E-state index contributed by atoms with van der Waals surface area (Å²) in [6.45, 7) is 5.26. The first-order valence-corrected chi connectivity index (χ1v) is 6.56. The van der Waals surface area contributed by atoms with Crippen LogP contribution in [-0.4, -0.2) is 43.2 Å². The van der Waals surface area contributed by atoms with E-state index in [1.54, 1.807) is 0 Å². The smallest absolute Gasteiger partial charge is 0.317 e. The number of nitrogens with one attached hydrogen (secondary N) is 2. The number of carbonyl (C=O) groups excluding carboxylic acids is 1. The van der Waals surface area contributed by atoms with Crippen molar-refractivity contribution in [3.63, 3.8) is 0 Å². The Morgan fingerprint density at radius 2 is 2.22 bits per heavy atom. The van der Waals surface area contributed by atoms with Gasteiger partial charge in [-0.25, -0.2) is 4.79 Å². The molecule has 2 rings (SSSR count). The molecular formula is C14H21N3O. The number of urea groups is 1. The van der Waals surface area contributed by atoms with Crippen LogP contribution in [0, 0.1) is 0 Å². The predicted octanol–water partition coefficient (Wildman–Crippen LogP) is 1.23. The number of benzene rings is 1. The highest BCUT2D eigenvalue weighted by Gasteiger charge is 2.19. The van der Waals surface area contributed by atoms with Gasteiger partial charge in [0.05, 0.1) is 0 Å². The van der Waals surface area contributed by atoms with Gasteiger partial charge in [0.1, 0.15) is 0 Å². The van der Waals surface area contributed by atoms with E-state index in [0.717, 1.165) is 26.1 Å². The van der Waals surface area contributed by atoms with Crippen LogP contribution in [0.3, 0.4) is 0 Å². The predicted molar refractivity (Wildman–Crippen MR) is 72.6 cm³/mol. The molecular weight excluding hydrogens is 226 g/mol. The van der Waals surface area contributed by atoms with Crippen molar-refractivity contribution >= 4 is 6.03 Å². The van der Waals surface area contributed by atoms with Crippen molar-refractivity contribution in [3.05, 3.63) is 35.9 Å². The van der Waals surface area contributed by atoms with E-state index in [4.69, 9.17) is 0 Å². The Morgan fingerprint density at radius 3 is 2.94 bits per heavy atom. The molecule has 18 heavy (non-hydrogen) atoms. The fourth-order valence-electron chi connectivity index (χ4n) is 2.19. The molecule has 1 aliphatic rings. The van der Waals surface area contributed by atoms with Crippen LogP contribution in [0.4, 0.5) is 4.79 Å². The number of carbonyl (C=O) groups is 1. The lowest BCUT2D eigenvalue weighted by molar-refractivity contribution is 0.179. The van der Waals surface area contributed by atoms with E-state index in [2.05, 4.69) is 29.7 Å². The molecule has 0 aliphatic carbocycles. The molecule has 1 heterocycles. The minimum absolute atomic E-state index is 0.0549. The molecule has 1 saturated heterocycles. The van der Waals surface area contributed by atoms with Gasteiger partial charge in [0.15, 0.2) is 0 Å². The van der Waals surface area contributed by atoms with Crippen molar-refractivity contribution in [2.75, 3.05) is 26.2 Å². The van der Waals surface area contributed by atoms with Crippen molar-refractivity contribution in [2.24, 2.45) is 0 Å². The highest BCUT2D eigenvalue weighted by Crippen LogP contribution is 2.00. The molecule has 4 heteroatoms. The Kier molecular flexibility index (Phi) is 4.59. The lowest BCUT2D eigenvalue weighted by atomic mass is 10.1. The average Bonchev–Trinajstić information content (AvgIpc) is 2.40. The van der Waals surface area contributed by atoms with E-state index >= 15 is 0 Å². The molecule has 0 aromatic heterocycles. The normalized spacial score (nSPS) is 19.6. The van der Waals surface area contributed by atoms with E-state index < -0.39 is 0 Å². The Morgan fingerprint density at radius 1 is 1.44 bits per heavy atom. The molecule has 98 valence electrons. The Hall–Kier alpha value is -1.55. The average molecular weight is 247 g/mol. The van der Waals surface area contributed by atoms with Crippen LogP contribution in [0.5, 0.6) is 0 Å². The molecule has 2 N–H and O–H groups in total. The molecule has 1 aliphatic heterocycles. The number of nitrogens with zero attached hydrogens (tertiary/aromatic N) is 1. The third-order valence-electron chi connectivity index (χ3n) is 3.19. The first-order valence-electron chi connectivity index (χ1n) is 6.56. The standard InChI is InChI=1S/C14H21N3O/c1-12-11-17(10-9-15-12)14(18)16-8-7-13-5-3-2-4-6-13/h2-6,12,15H,7-11H2,1H3,(H,16,18)/t12-/m1/s1. The zero-order valence-electron chi connectivity index (χ0n) is 10.9. The third kappa shape index (κ3) is 3.74. The Labute approximate surface area is 108 Å². The van der Waals surface area contributed by atoms with Crippen molar-refractivity contribution in [2.45, 2.75) is 19.4 Å². The monoisotopic (exact) mass is 247 g/mol. The van der Waals surface area contributed by atoms with Crippen LogP contribution < -0.4 is 10.6 Å². The van der Waals surface area contributed by atoms with E-state index in [0.29, 0.717) is 12.6 Å². The summed E-state index contributed by atoms with van der Waals surface area (Å²) in [5, 5.41) is 6.31. The van der Waals surface area contributed by atoms with Gasteiger partial charge in [-0.05, 0) is 18.9 Å². The Bertz CT molecular complexity index is 380. The SMILES string of the molecule is C[C@@H]1CN(C(=O)NCCc2ccccc2)CCN1. The van der Waals surface area contributed by atoms with E-state index in [-0.39, 0.29) is 6.03 Å². The van der Waals surface area contributed by atoms with Crippen molar-refractivity contribution in [3.8, 4) is 0 Å². The molecule has 2 amide bonds. The van der Waals surface area contributed by atoms with Crippen LogP contribution in [0.1, 0.15) is 12.5 Å². The first-order chi connectivity index (χ1) is 8.75. The zero-order valence-corrected chi connectivity index (χ0v) is 10.9. The van der Waals surface area contributed by atoms with Crippen LogP contribution in [0.2, 0.25) is 0 Å². The molecule has 0 saturated carbocycles. The van der Waals surface area contributed by atoms with Gasteiger partial charge in [0.25, 0.3) is 0 Å². The van der Waals surface area contributed by atoms with Gasteiger partial charge >= 0.3 is 6.03 Å². The molecule has 4 nitrogen and oxygen atoms in total. The van der Waals surface area contributed by atoms with Gasteiger partial charge in [-0.15, -0.1) is 0 Å². The number of rotatable bonds is 3. The number of hydrogen-bond donors (Lipinski definition) is 2. The molecule has 0 bridgehead atoms. The summed E-state index contributed by atoms with van der Waals surface area (Å²) in [6, 6.07) is 10.7. The minimum atomic E-state index is 0.0549. The molecule has 1 fully saturated rings. The van der Waals surface area contributed by atoms with Crippen LogP contribution in [0.15, 0.2) is 30.3 Å². The Balaban J connectivity index is 1.71. The van der Waals surface area contributed by atoms with Gasteiger partial charge < -0.3 is 15.5 Å². The largest absolute Gasteiger partial charge is 0.338 e. The summed E-state index contributed by atoms with van der Waals surface area (Å²) in [4.78, 5) is 13.8. The van der Waals surface area contributed by atoms with Crippen LogP contribution >= 0.6 is 0 Å². The molecule has 0 spiro atoms. The molecule has 1 atom stereocenters. The van der Waals surface area contributed by atoms with Crippen LogP contribution in [-0.2, 0) is 6.42 Å². The molecule has 0 unspecified atom stereocenters. The van der Waals surface area contributed by atoms with Gasteiger partial charge in [-0.3, -0.25) is 0 Å².